The molecule has 1 aliphatic rings. The molecule has 6 nitrogen and oxygen atoms in total. The van der Waals surface area contributed by atoms with Gasteiger partial charge in [-0.1, -0.05) is 6.07 Å². The molecule has 0 amide bonds. The molecule has 24 heavy (non-hydrogen) atoms. The maximum atomic E-state index is 5.91. The average molecular weight is 321 g/mol. The van der Waals surface area contributed by atoms with E-state index in [0.717, 1.165) is 43.9 Å². The topological polar surface area (TPSA) is 67.9 Å². The van der Waals surface area contributed by atoms with Crippen molar-refractivity contribution in [2.45, 2.75) is 25.3 Å². The van der Waals surface area contributed by atoms with Crippen LogP contribution in [0.3, 0.4) is 0 Å². The van der Waals surface area contributed by atoms with Crippen LogP contribution in [0.4, 0.5) is 0 Å². The van der Waals surface area contributed by atoms with Crippen molar-refractivity contribution in [3.63, 3.8) is 0 Å². The molecule has 3 aromatic heterocycles. The Balaban J connectivity index is 1.45. The fourth-order valence-corrected chi connectivity index (χ4v) is 3.16. The number of pyridine rings is 2. The number of rotatable bonds is 4. The molecule has 0 radical (unpaired) electrons. The fourth-order valence-electron chi connectivity index (χ4n) is 3.16. The third-order valence-corrected chi connectivity index (χ3v) is 4.33. The van der Waals surface area contributed by atoms with Gasteiger partial charge in [0.25, 0.3) is 0 Å². The zero-order valence-electron chi connectivity index (χ0n) is 13.4. The van der Waals surface area contributed by atoms with Crippen molar-refractivity contribution >= 4 is 0 Å². The van der Waals surface area contributed by atoms with Gasteiger partial charge in [0.05, 0.1) is 11.5 Å². The molecule has 0 saturated carbocycles. The third kappa shape index (κ3) is 3.33. The average Bonchev–Trinajstić information content (AvgIpc) is 3.14. The molecule has 1 aliphatic heterocycles. The Morgan fingerprint density at radius 1 is 1.08 bits per heavy atom. The van der Waals surface area contributed by atoms with Gasteiger partial charge in [0, 0.05) is 37.9 Å². The first kappa shape index (κ1) is 15.0. The van der Waals surface area contributed by atoms with E-state index in [9.17, 15) is 0 Å². The molecule has 0 unspecified atom stereocenters. The molecule has 1 saturated heterocycles. The standard InChI is InChI=1S/C18H19N5O/c1-4-14(10-19-7-1)12-23-9-3-6-16(13-23)18-22-21-17(24-18)15-5-2-8-20-11-15/h1-2,4-5,7-8,10-11,16H,3,6,9,12-13H2/t16-/m0/s1. The highest BCUT2D eigenvalue weighted by molar-refractivity contribution is 5.50. The normalized spacial score (nSPS) is 18.6. The molecule has 0 aromatic carbocycles. The SMILES string of the molecule is c1cncc(CN2CCC[C@H](c3nnc(-c4cccnc4)o3)C2)c1. The third-order valence-electron chi connectivity index (χ3n) is 4.33. The lowest BCUT2D eigenvalue weighted by Gasteiger charge is -2.30. The van der Waals surface area contributed by atoms with Crippen molar-refractivity contribution in [2.75, 3.05) is 13.1 Å². The Bertz CT molecular complexity index is 774. The van der Waals surface area contributed by atoms with Gasteiger partial charge in [0.1, 0.15) is 0 Å². The number of nitrogens with zero attached hydrogens (tertiary/aromatic N) is 5. The van der Waals surface area contributed by atoms with Gasteiger partial charge >= 0.3 is 0 Å². The van der Waals surface area contributed by atoms with Crippen molar-refractivity contribution in [3.8, 4) is 11.5 Å². The Morgan fingerprint density at radius 3 is 2.75 bits per heavy atom. The highest BCUT2D eigenvalue weighted by atomic mass is 16.4. The summed E-state index contributed by atoms with van der Waals surface area (Å²) in [4.78, 5) is 10.7. The second-order valence-electron chi connectivity index (χ2n) is 6.12. The number of aromatic nitrogens is 4. The molecule has 4 heterocycles. The zero-order chi connectivity index (χ0) is 16.2. The van der Waals surface area contributed by atoms with Crippen LogP contribution >= 0.6 is 0 Å². The molecule has 1 fully saturated rings. The van der Waals surface area contributed by atoms with Crippen LogP contribution in [-0.2, 0) is 6.54 Å². The Kier molecular flexibility index (Phi) is 4.29. The van der Waals surface area contributed by atoms with Crippen molar-refractivity contribution < 1.29 is 4.42 Å². The van der Waals surface area contributed by atoms with Gasteiger partial charge in [0.2, 0.25) is 11.8 Å². The molecule has 0 aliphatic carbocycles. The Hall–Kier alpha value is -2.60. The van der Waals surface area contributed by atoms with E-state index in [1.54, 1.807) is 18.6 Å². The summed E-state index contributed by atoms with van der Waals surface area (Å²) in [5, 5.41) is 8.46. The molecule has 0 bridgehead atoms. The summed E-state index contributed by atoms with van der Waals surface area (Å²) in [6.45, 7) is 2.94. The lowest BCUT2D eigenvalue weighted by molar-refractivity contribution is 0.186. The van der Waals surface area contributed by atoms with Gasteiger partial charge in [-0.15, -0.1) is 10.2 Å². The van der Waals surface area contributed by atoms with Gasteiger partial charge in [-0.05, 0) is 43.1 Å². The molecular formula is C18H19N5O. The van der Waals surface area contributed by atoms with Crippen LogP contribution in [0, 0.1) is 0 Å². The van der Waals surface area contributed by atoms with Crippen LogP contribution in [-0.4, -0.2) is 38.2 Å². The first-order valence-corrected chi connectivity index (χ1v) is 8.23. The van der Waals surface area contributed by atoms with Crippen molar-refractivity contribution in [1.29, 1.82) is 0 Å². The highest BCUT2D eigenvalue weighted by Gasteiger charge is 2.26. The van der Waals surface area contributed by atoms with Crippen molar-refractivity contribution in [2.24, 2.45) is 0 Å². The van der Waals surface area contributed by atoms with Gasteiger partial charge in [-0.3, -0.25) is 14.9 Å². The van der Waals surface area contributed by atoms with Crippen LogP contribution in [0.2, 0.25) is 0 Å². The van der Waals surface area contributed by atoms with E-state index in [4.69, 9.17) is 4.42 Å². The minimum Gasteiger partial charge on any atom is -0.420 e. The van der Waals surface area contributed by atoms with Crippen molar-refractivity contribution in [3.05, 3.63) is 60.5 Å². The monoisotopic (exact) mass is 321 g/mol. The number of piperidine rings is 1. The first-order valence-electron chi connectivity index (χ1n) is 8.23. The summed E-state index contributed by atoms with van der Waals surface area (Å²) < 4.78 is 5.91. The summed E-state index contributed by atoms with van der Waals surface area (Å²) >= 11 is 0. The molecule has 4 rings (SSSR count). The van der Waals surface area contributed by atoms with Crippen LogP contribution < -0.4 is 0 Å². The van der Waals surface area contributed by atoms with Crippen LogP contribution in [0.25, 0.3) is 11.5 Å². The quantitative estimate of drug-likeness (QED) is 0.736. The minimum absolute atomic E-state index is 0.286. The molecule has 1 atom stereocenters. The lowest BCUT2D eigenvalue weighted by Crippen LogP contribution is -2.34. The zero-order valence-corrected chi connectivity index (χ0v) is 13.4. The second-order valence-corrected chi connectivity index (χ2v) is 6.12. The Labute approximate surface area is 140 Å². The predicted octanol–water partition coefficient (Wildman–Crippen LogP) is 2.91. The highest BCUT2D eigenvalue weighted by Crippen LogP contribution is 2.28. The minimum atomic E-state index is 0.286. The second kappa shape index (κ2) is 6.88. The van der Waals surface area contributed by atoms with Gasteiger partial charge in [0.15, 0.2) is 0 Å². The fraction of sp³-hybridized carbons (Fsp3) is 0.333. The van der Waals surface area contributed by atoms with E-state index in [1.165, 1.54) is 5.56 Å². The van der Waals surface area contributed by atoms with Crippen LogP contribution in [0.1, 0.15) is 30.2 Å². The number of hydrogen-bond acceptors (Lipinski definition) is 6. The molecule has 3 aromatic rings. The summed E-state index contributed by atoms with van der Waals surface area (Å²) in [5.74, 6) is 1.56. The molecule has 0 spiro atoms. The predicted molar refractivity (Wildman–Crippen MR) is 89.0 cm³/mol. The smallest absolute Gasteiger partial charge is 0.249 e. The van der Waals surface area contributed by atoms with Crippen LogP contribution in [0.15, 0.2) is 53.5 Å². The summed E-state index contributed by atoms with van der Waals surface area (Å²) in [5.41, 5.74) is 2.10. The van der Waals surface area contributed by atoms with E-state index in [1.807, 2.05) is 24.4 Å². The molecule has 6 heteroatoms. The van der Waals surface area contributed by atoms with E-state index >= 15 is 0 Å². The summed E-state index contributed by atoms with van der Waals surface area (Å²) in [6.07, 6.45) is 9.43. The van der Waals surface area contributed by atoms with Gasteiger partial charge < -0.3 is 4.42 Å². The maximum Gasteiger partial charge on any atom is 0.249 e. The molecule has 122 valence electrons. The van der Waals surface area contributed by atoms with E-state index in [0.29, 0.717) is 5.89 Å². The van der Waals surface area contributed by atoms with E-state index in [-0.39, 0.29) is 5.92 Å². The van der Waals surface area contributed by atoms with E-state index < -0.39 is 0 Å². The summed E-state index contributed by atoms with van der Waals surface area (Å²) in [7, 11) is 0. The molecule has 0 N–H and O–H groups in total. The number of hydrogen-bond donors (Lipinski definition) is 0. The van der Waals surface area contributed by atoms with Gasteiger partial charge in [-0.25, -0.2) is 0 Å². The summed E-state index contributed by atoms with van der Waals surface area (Å²) in [6, 6.07) is 7.90. The molecular weight excluding hydrogens is 302 g/mol. The number of likely N-dealkylation sites (tertiary alicyclic amines) is 1. The maximum absolute atomic E-state index is 5.91. The lowest BCUT2D eigenvalue weighted by atomic mass is 9.97. The van der Waals surface area contributed by atoms with Crippen molar-refractivity contribution in [1.82, 2.24) is 25.1 Å². The Morgan fingerprint density at radius 2 is 1.96 bits per heavy atom. The largest absolute Gasteiger partial charge is 0.420 e. The van der Waals surface area contributed by atoms with Crippen LogP contribution in [0.5, 0.6) is 0 Å². The first-order chi connectivity index (χ1) is 11.9. The van der Waals surface area contributed by atoms with Gasteiger partial charge in [-0.2, -0.15) is 0 Å². The van der Waals surface area contributed by atoms with E-state index in [2.05, 4.69) is 31.1 Å².